The van der Waals surface area contributed by atoms with Crippen LogP contribution in [0.2, 0.25) is 0 Å². The Kier molecular flexibility index (Phi) is 8.34. The van der Waals surface area contributed by atoms with E-state index in [4.69, 9.17) is 14.2 Å². The largest absolute Gasteiger partial charge is 0.494 e. The van der Waals surface area contributed by atoms with Crippen LogP contribution in [0, 0.1) is 13.8 Å². The van der Waals surface area contributed by atoms with E-state index < -0.39 is 10.0 Å². The molecule has 7 heteroatoms. The van der Waals surface area contributed by atoms with Crippen molar-refractivity contribution in [3.05, 3.63) is 47.0 Å². The fraction of sp³-hybridized carbons (Fsp3) is 0.455. The molecule has 0 radical (unpaired) electrons. The van der Waals surface area contributed by atoms with E-state index in [1.54, 1.807) is 13.0 Å². The van der Waals surface area contributed by atoms with Gasteiger partial charge in [-0.1, -0.05) is 12.1 Å². The zero-order valence-electron chi connectivity index (χ0n) is 17.9. The fourth-order valence-corrected chi connectivity index (χ4v) is 4.34. The lowest BCUT2D eigenvalue weighted by Gasteiger charge is -2.14. The molecule has 0 aliphatic rings. The lowest BCUT2D eigenvalue weighted by Crippen LogP contribution is -2.26. The molecule has 0 bridgehead atoms. The van der Waals surface area contributed by atoms with E-state index in [2.05, 4.69) is 4.72 Å². The predicted octanol–water partition coefficient (Wildman–Crippen LogP) is 4.02. The molecule has 0 fully saturated rings. The highest BCUT2D eigenvalue weighted by Crippen LogP contribution is 2.29. The minimum Gasteiger partial charge on any atom is -0.494 e. The first kappa shape index (κ1) is 23.0. The highest BCUT2D eigenvalue weighted by molar-refractivity contribution is 7.89. The minimum atomic E-state index is -3.64. The van der Waals surface area contributed by atoms with Crippen LogP contribution in [0.25, 0.3) is 0 Å². The summed E-state index contributed by atoms with van der Waals surface area (Å²) in [5.41, 5.74) is 2.58. The topological polar surface area (TPSA) is 73.9 Å². The van der Waals surface area contributed by atoms with Crippen LogP contribution < -0.4 is 18.9 Å². The number of sulfonamides is 1. The van der Waals surface area contributed by atoms with Crippen LogP contribution in [0.5, 0.6) is 17.2 Å². The van der Waals surface area contributed by atoms with Gasteiger partial charge in [0.25, 0.3) is 0 Å². The van der Waals surface area contributed by atoms with Gasteiger partial charge in [-0.15, -0.1) is 0 Å². The standard InChI is InChI=1S/C22H31NO5S/c1-6-26-19-10-9-18(14-21(19)28-8-3)11-12-23-29(24,25)22-15-20(27-7-2)16(4)13-17(22)5/h9-10,13-15,23H,6-8,11-12H2,1-5H3. The van der Waals surface area contributed by atoms with Crippen molar-refractivity contribution in [2.24, 2.45) is 0 Å². The van der Waals surface area contributed by atoms with Crippen LogP contribution in [-0.4, -0.2) is 34.8 Å². The Labute approximate surface area is 174 Å². The van der Waals surface area contributed by atoms with Crippen molar-refractivity contribution in [3.8, 4) is 17.2 Å². The first-order valence-corrected chi connectivity index (χ1v) is 11.4. The Hall–Kier alpha value is -2.25. The second-order valence-corrected chi connectivity index (χ2v) is 8.35. The van der Waals surface area contributed by atoms with Crippen molar-refractivity contribution in [1.29, 1.82) is 0 Å². The Morgan fingerprint density at radius 1 is 0.793 bits per heavy atom. The van der Waals surface area contributed by atoms with Crippen molar-refractivity contribution in [1.82, 2.24) is 4.72 Å². The molecule has 6 nitrogen and oxygen atoms in total. The molecule has 0 amide bonds. The monoisotopic (exact) mass is 421 g/mol. The van der Waals surface area contributed by atoms with Crippen molar-refractivity contribution >= 4 is 10.0 Å². The van der Waals surface area contributed by atoms with E-state index >= 15 is 0 Å². The number of hydrogen-bond donors (Lipinski definition) is 1. The van der Waals surface area contributed by atoms with Crippen molar-refractivity contribution in [2.45, 2.75) is 45.9 Å². The predicted molar refractivity (Wildman–Crippen MR) is 115 cm³/mol. The third kappa shape index (κ3) is 6.11. The molecule has 160 valence electrons. The Morgan fingerprint density at radius 2 is 1.41 bits per heavy atom. The van der Waals surface area contributed by atoms with Gasteiger partial charge in [0.1, 0.15) is 5.75 Å². The van der Waals surface area contributed by atoms with E-state index in [0.717, 1.165) is 11.1 Å². The summed E-state index contributed by atoms with van der Waals surface area (Å²) in [6, 6.07) is 9.11. The van der Waals surface area contributed by atoms with Gasteiger partial charge in [0.05, 0.1) is 24.7 Å². The van der Waals surface area contributed by atoms with Gasteiger partial charge in [0.2, 0.25) is 10.0 Å². The van der Waals surface area contributed by atoms with Crippen LogP contribution in [-0.2, 0) is 16.4 Å². The number of rotatable bonds is 11. The first-order chi connectivity index (χ1) is 13.8. The molecule has 0 atom stereocenters. The number of aryl methyl sites for hydroxylation is 2. The third-order valence-electron chi connectivity index (χ3n) is 4.38. The highest BCUT2D eigenvalue weighted by Gasteiger charge is 2.19. The Balaban J connectivity index is 2.11. The SMILES string of the molecule is CCOc1cc(S(=O)(=O)NCCc2ccc(OCC)c(OCC)c2)c(C)cc1C. The lowest BCUT2D eigenvalue weighted by molar-refractivity contribution is 0.287. The highest BCUT2D eigenvalue weighted by atomic mass is 32.2. The van der Waals surface area contributed by atoms with Gasteiger partial charge in [-0.25, -0.2) is 13.1 Å². The molecule has 2 rings (SSSR count). The maximum Gasteiger partial charge on any atom is 0.240 e. The van der Waals surface area contributed by atoms with Gasteiger partial charge >= 0.3 is 0 Å². The van der Waals surface area contributed by atoms with E-state index in [1.807, 2.05) is 52.0 Å². The Morgan fingerprint density at radius 3 is 2.07 bits per heavy atom. The van der Waals surface area contributed by atoms with Crippen molar-refractivity contribution in [2.75, 3.05) is 26.4 Å². The zero-order chi connectivity index (χ0) is 21.4. The summed E-state index contributed by atoms with van der Waals surface area (Å²) in [7, 11) is -3.64. The third-order valence-corrected chi connectivity index (χ3v) is 5.98. The van der Waals surface area contributed by atoms with Crippen molar-refractivity contribution < 1.29 is 22.6 Å². The van der Waals surface area contributed by atoms with Crippen LogP contribution >= 0.6 is 0 Å². The molecule has 1 N–H and O–H groups in total. The molecule has 2 aromatic rings. The summed E-state index contributed by atoms with van der Waals surface area (Å²) in [5, 5.41) is 0. The summed E-state index contributed by atoms with van der Waals surface area (Å²) in [5.74, 6) is 1.95. The average molecular weight is 422 g/mol. The molecule has 0 spiro atoms. The van der Waals surface area contributed by atoms with E-state index in [1.165, 1.54) is 0 Å². The smallest absolute Gasteiger partial charge is 0.240 e. The second kappa shape index (κ2) is 10.5. The number of hydrogen-bond acceptors (Lipinski definition) is 5. The molecule has 2 aromatic carbocycles. The quantitative estimate of drug-likeness (QED) is 0.593. The molecule has 0 saturated carbocycles. The normalized spacial score (nSPS) is 11.3. The molecule has 0 unspecified atom stereocenters. The van der Waals surface area contributed by atoms with E-state index in [0.29, 0.717) is 49.1 Å². The summed E-state index contributed by atoms with van der Waals surface area (Å²) in [4.78, 5) is 0.244. The molecular weight excluding hydrogens is 390 g/mol. The lowest BCUT2D eigenvalue weighted by atomic mass is 10.1. The van der Waals surface area contributed by atoms with Gasteiger partial charge in [-0.05, 0) is 69.9 Å². The van der Waals surface area contributed by atoms with Gasteiger partial charge in [0, 0.05) is 12.6 Å². The van der Waals surface area contributed by atoms with Gasteiger partial charge in [-0.3, -0.25) is 0 Å². The number of benzene rings is 2. The number of nitrogens with one attached hydrogen (secondary N) is 1. The molecule has 0 saturated heterocycles. The van der Waals surface area contributed by atoms with Gasteiger partial charge in [0.15, 0.2) is 11.5 Å². The molecule has 0 heterocycles. The van der Waals surface area contributed by atoms with Gasteiger partial charge < -0.3 is 14.2 Å². The minimum absolute atomic E-state index is 0.244. The molecular formula is C22H31NO5S. The molecule has 0 aromatic heterocycles. The van der Waals surface area contributed by atoms with E-state index in [9.17, 15) is 8.42 Å². The first-order valence-electron chi connectivity index (χ1n) is 9.94. The molecule has 0 aliphatic carbocycles. The summed E-state index contributed by atoms with van der Waals surface area (Å²) < 4.78 is 45.1. The Bertz CT molecular complexity index is 925. The van der Waals surface area contributed by atoms with Crippen LogP contribution in [0.1, 0.15) is 37.5 Å². The van der Waals surface area contributed by atoms with Crippen LogP contribution in [0.4, 0.5) is 0 Å². The summed E-state index contributed by atoms with van der Waals surface area (Å²) in [6.45, 7) is 11.3. The number of ether oxygens (including phenoxy) is 3. The zero-order valence-corrected chi connectivity index (χ0v) is 18.7. The molecule has 0 aliphatic heterocycles. The maximum absolute atomic E-state index is 12.8. The van der Waals surface area contributed by atoms with Gasteiger partial charge in [-0.2, -0.15) is 0 Å². The van der Waals surface area contributed by atoms with Crippen molar-refractivity contribution in [3.63, 3.8) is 0 Å². The summed E-state index contributed by atoms with van der Waals surface area (Å²) in [6.07, 6.45) is 0.537. The summed E-state index contributed by atoms with van der Waals surface area (Å²) >= 11 is 0. The van der Waals surface area contributed by atoms with Crippen LogP contribution in [0.15, 0.2) is 35.2 Å². The average Bonchev–Trinajstić information content (AvgIpc) is 2.66. The van der Waals surface area contributed by atoms with Crippen LogP contribution in [0.3, 0.4) is 0 Å². The molecule has 29 heavy (non-hydrogen) atoms. The second-order valence-electron chi connectivity index (χ2n) is 6.61. The fourth-order valence-electron chi connectivity index (χ4n) is 3.07. The maximum atomic E-state index is 12.8. The van der Waals surface area contributed by atoms with E-state index in [-0.39, 0.29) is 11.4 Å².